The molecule has 0 unspecified atom stereocenters. The standard InChI is InChI=1S/C15H31NO2S/c1-13(2,3)12-15(14(4,5)6)8-10-16(11-9-15)19(7,17)18/h8-12H2,1-7H3. The van der Waals surface area contributed by atoms with Crippen LogP contribution in [0.1, 0.15) is 60.8 Å². The first-order valence-corrected chi connectivity index (χ1v) is 9.07. The lowest BCUT2D eigenvalue weighted by Crippen LogP contribution is -2.49. The summed E-state index contributed by atoms with van der Waals surface area (Å²) >= 11 is 0. The van der Waals surface area contributed by atoms with Crippen molar-refractivity contribution in [2.24, 2.45) is 16.2 Å². The average molecular weight is 289 g/mol. The smallest absolute Gasteiger partial charge is 0.211 e. The van der Waals surface area contributed by atoms with Gasteiger partial charge in [0.25, 0.3) is 0 Å². The van der Waals surface area contributed by atoms with Gasteiger partial charge in [-0.05, 0) is 35.5 Å². The zero-order chi connectivity index (χ0) is 15.1. The summed E-state index contributed by atoms with van der Waals surface area (Å²) in [5.41, 5.74) is 0.733. The minimum absolute atomic E-state index is 0.212. The molecule has 4 heteroatoms. The Labute approximate surface area is 119 Å². The van der Waals surface area contributed by atoms with Crippen LogP contribution in [0, 0.1) is 16.2 Å². The van der Waals surface area contributed by atoms with Crippen molar-refractivity contribution in [1.82, 2.24) is 4.31 Å². The quantitative estimate of drug-likeness (QED) is 0.780. The summed E-state index contributed by atoms with van der Waals surface area (Å²) in [6, 6.07) is 0. The van der Waals surface area contributed by atoms with Gasteiger partial charge < -0.3 is 0 Å². The zero-order valence-corrected chi connectivity index (χ0v) is 14.5. The third-order valence-electron chi connectivity index (χ3n) is 4.61. The molecule has 0 aromatic heterocycles. The number of nitrogens with zero attached hydrogens (tertiary/aromatic N) is 1. The molecular weight excluding hydrogens is 258 g/mol. The third kappa shape index (κ3) is 4.19. The Kier molecular flexibility index (Phi) is 4.49. The van der Waals surface area contributed by atoms with Crippen LogP contribution in [0.5, 0.6) is 0 Å². The van der Waals surface area contributed by atoms with Crippen LogP contribution in [0.3, 0.4) is 0 Å². The molecule has 3 nitrogen and oxygen atoms in total. The molecule has 1 rings (SSSR count). The van der Waals surface area contributed by atoms with E-state index in [9.17, 15) is 8.42 Å². The monoisotopic (exact) mass is 289 g/mol. The number of rotatable bonds is 2. The highest BCUT2D eigenvalue weighted by Gasteiger charge is 2.46. The van der Waals surface area contributed by atoms with Crippen LogP contribution in [0.25, 0.3) is 0 Å². The van der Waals surface area contributed by atoms with Gasteiger partial charge in [-0.1, -0.05) is 41.5 Å². The summed E-state index contributed by atoms with van der Waals surface area (Å²) in [4.78, 5) is 0. The lowest BCUT2D eigenvalue weighted by Gasteiger charge is -2.52. The van der Waals surface area contributed by atoms with Gasteiger partial charge >= 0.3 is 0 Å². The minimum atomic E-state index is -3.03. The van der Waals surface area contributed by atoms with Crippen molar-refractivity contribution in [1.29, 1.82) is 0 Å². The molecule has 0 radical (unpaired) electrons. The van der Waals surface area contributed by atoms with E-state index < -0.39 is 10.0 Å². The summed E-state index contributed by atoms with van der Waals surface area (Å²) in [5, 5.41) is 0. The number of sulfonamides is 1. The second kappa shape index (κ2) is 5.03. The van der Waals surface area contributed by atoms with E-state index in [2.05, 4.69) is 41.5 Å². The predicted molar refractivity (Wildman–Crippen MR) is 81.6 cm³/mol. The van der Waals surface area contributed by atoms with Gasteiger partial charge in [-0.25, -0.2) is 12.7 Å². The largest absolute Gasteiger partial charge is 0.213 e. The van der Waals surface area contributed by atoms with Crippen LogP contribution in [-0.2, 0) is 10.0 Å². The van der Waals surface area contributed by atoms with Gasteiger partial charge in [0.2, 0.25) is 10.0 Å². The average Bonchev–Trinajstić information content (AvgIpc) is 2.12. The van der Waals surface area contributed by atoms with E-state index in [1.165, 1.54) is 6.26 Å². The van der Waals surface area contributed by atoms with E-state index >= 15 is 0 Å². The Bertz CT molecular complexity index is 404. The van der Waals surface area contributed by atoms with E-state index in [4.69, 9.17) is 0 Å². The first kappa shape index (κ1) is 17.0. The van der Waals surface area contributed by atoms with E-state index in [1.54, 1.807) is 4.31 Å². The molecule has 0 aromatic rings. The molecule has 0 N–H and O–H groups in total. The molecule has 1 aliphatic heterocycles. The summed E-state index contributed by atoms with van der Waals surface area (Å²) in [6.45, 7) is 15.1. The molecule has 114 valence electrons. The Morgan fingerprint density at radius 3 is 1.68 bits per heavy atom. The van der Waals surface area contributed by atoms with E-state index in [0.717, 1.165) is 19.3 Å². The highest BCUT2D eigenvalue weighted by Crippen LogP contribution is 2.53. The van der Waals surface area contributed by atoms with Crippen molar-refractivity contribution in [2.45, 2.75) is 60.8 Å². The Hall–Kier alpha value is -0.0900. The minimum Gasteiger partial charge on any atom is -0.213 e. The van der Waals surface area contributed by atoms with E-state index in [0.29, 0.717) is 13.1 Å². The lowest BCUT2D eigenvalue weighted by molar-refractivity contribution is -0.0107. The Morgan fingerprint density at radius 2 is 1.42 bits per heavy atom. The van der Waals surface area contributed by atoms with Gasteiger partial charge in [-0.2, -0.15) is 0 Å². The molecule has 0 aromatic carbocycles. The fraction of sp³-hybridized carbons (Fsp3) is 1.00. The molecule has 0 amide bonds. The molecule has 0 bridgehead atoms. The second-order valence-corrected chi connectivity index (χ2v) is 10.4. The molecule has 1 aliphatic rings. The van der Waals surface area contributed by atoms with Gasteiger partial charge in [-0.15, -0.1) is 0 Å². The normalized spacial score (nSPS) is 22.5. The fourth-order valence-electron chi connectivity index (χ4n) is 3.45. The highest BCUT2D eigenvalue weighted by molar-refractivity contribution is 7.88. The fourth-order valence-corrected chi connectivity index (χ4v) is 4.30. The van der Waals surface area contributed by atoms with Gasteiger partial charge in [0.05, 0.1) is 6.26 Å². The maximum atomic E-state index is 11.7. The third-order valence-corrected chi connectivity index (χ3v) is 5.91. The molecule has 1 fully saturated rings. The molecule has 0 atom stereocenters. The molecule has 0 saturated carbocycles. The van der Waals surface area contributed by atoms with Gasteiger partial charge in [-0.3, -0.25) is 0 Å². The Balaban J connectivity index is 2.94. The topological polar surface area (TPSA) is 37.4 Å². The van der Waals surface area contributed by atoms with Gasteiger partial charge in [0, 0.05) is 13.1 Å². The van der Waals surface area contributed by atoms with E-state index in [-0.39, 0.29) is 16.2 Å². The first-order valence-electron chi connectivity index (χ1n) is 7.22. The molecule has 0 aliphatic carbocycles. The summed E-state index contributed by atoms with van der Waals surface area (Å²) in [6.07, 6.45) is 4.42. The summed E-state index contributed by atoms with van der Waals surface area (Å²) < 4.78 is 25.0. The maximum Gasteiger partial charge on any atom is 0.211 e. The predicted octanol–water partition coefficient (Wildman–Crippen LogP) is 3.51. The van der Waals surface area contributed by atoms with Crippen molar-refractivity contribution in [3.63, 3.8) is 0 Å². The second-order valence-electron chi connectivity index (χ2n) is 8.43. The molecular formula is C15H31NO2S. The summed E-state index contributed by atoms with van der Waals surface area (Å²) in [7, 11) is -3.03. The molecule has 0 spiro atoms. The van der Waals surface area contributed by atoms with Crippen LogP contribution in [0.4, 0.5) is 0 Å². The van der Waals surface area contributed by atoms with Crippen LogP contribution in [0.15, 0.2) is 0 Å². The first-order chi connectivity index (χ1) is 8.27. The van der Waals surface area contributed by atoms with Crippen molar-refractivity contribution in [3.8, 4) is 0 Å². The van der Waals surface area contributed by atoms with Crippen LogP contribution < -0.4 is 0 Å². The van der Waals surface area contributed by atoms with Crippen molar-refractivity contribution in [3.05, 3.63) is 0 Å². The molecule has 1 saturated heterocycles. The highest BCUT2D eigenvalue weighted by atomic mass is 32.2. The van der Waals surface area contributed by atoms with Gasteiger partial charge in [0.15, 0.2) is 0 Å². The van der Waals surface area contributed by atoms with Crippen LogP contribution >= 0.6 is 0 Å². The summed E-state index contributed by atoms with van der Waals surface area (Å²) in [5.74, 6) is 0. The number of piperidine rings is 1. The maximum absolute atomic E-state index is 11.7. The number of hydrogen-bond donors (Lipinski definition) is 0. The van der Waals surface area contributed by atoms with Crippen molar-refractivity contribution in [2.75, 3.05) is 19.3 Å². The van der Waals surface area contributed by atoms with Crippen LogP contribution in [0.2, 0.25) is 0 Å². The van der Waals surface area contributed by atoms with Crippen molar-refractivity contribution < 1.29 is 8.42 Å². The van der Waals surface area contributed by atoms with Crippen LogP contribution in [-0.4, -0.2) is 32.1 Å². The Morgan fingerprint density at radius 1 is 1.00 bits per heavy atom. The lowest BCUT2D eigenvalue weighted by atomic mass is 9.56. The number of hydrogen-bond acceptors (Lipinski definition) is 2. The molecule has 1 heterocycles. The molecule has 19 heavy (non-hydrogen) atoms. The van der Waals surface area contributed by atoms with E-state index in [1.807, 2.05) is 0 Å². The zero-order valence-electron chi connectivity index (χ0n) is 13.7. The SMILES string of the molecule is CC(C)(C)CC1(C(C)(C)C)CCN(S(C)(=O)=O)CC1. The van der Waals surface area contributed by atoms with Crippen molar-refractivity contribution >= 4 is 10.0 Å². The van der Waals surface area contributed by atoms with Gasteiger partial charge in [0.1, 0.15) is 0 Å².